The van der Waals surface area contributed by atoms with Gasteiger partial charge in [-0.05, 0) is 50.3 Å². The minimum Gasteiger partial charge on any atom is -0.459 e. The molecule has 2 unspecified atom stereocenters. The molecule has 3 aromatic rings. The number of furan rings is 1. The predicted molar refractivity (Wildman–Crippen MR) is 142 cm³/mol. The number of carbonyl (C=O) groups is 1. The van der Waals surface area contributed by atoms with E-state index in [0.29, 0.717) is 24.0 Å². The number of carbonyl (C=O) groups excluding carboxylic acids is 1. The molecule has 0 radical (unpaired) electrons. The summed E-state index contributed by atoms with van der Waals surface area (Å²) in [7, 11) is 0. The molecule has 38 heavy (non-hydrogen) atoms. The van der Waals surface area contributed by atoms with Crippen LogP contribution in [0.5, 0.6) is 0 Å². The van der Waals surface area contributed by atoms with Gasteiger partial charge in [-0.2, -0.15) is 0 Å². The Morgan fingerprint density at radius 3 is 2.68 bits per heavy atom. The van der Waals surface area contributed by atoms with Crippen LogP contribution >= 0.6 is 0 Å². The molecular weight excluding hydrogens is 486 g/mol. The van der Waals surface area contributed by atoms with Gasteiger partial charge in [0, 0.05) is 50.4 Å². The van der Waals surface area contributed by atoms with E-state index in [1.165, 1.54) is 12.4 Å². The topological polar surface area (TPSA) is 113 Å². The number of hydroxylamine groups is 1. The maximum Gasteiger partial charge on any atom is 0.278 e. The Morgan fingerprint density at radius 2 is 2.00 bits per heavy atom. The number of aliphatic hydroxyl groups excluding tert-OH is 1. The summed E-state index contributed by atoms with van der Waals surface area (Å²) in [5.41, 5.74) is 3.64. The number of aliphatic hydroxyl groups is 1. The Kier molecular flexibility index (Phi) is 8.85. The van der Waals surface area contributed by atoms with Crippen molar-refractivity contribution in [1.29, 1.82) is 0 Å². The molecule has 2 aliphatic heterocycles. The standard InChI is InChI=1S/C28H37N5O5/c1-2-32(23(19-34)25-15-21-7-3-4-8-24(21)37-25)18-20-10-12-33(13-11-20)28-29-16-22(17-30-28)27(35)31-38-26-9-5-6-14-36-26/h3-4,7-8,15-17,20,23,26,34H,2,5-6,9-14,18-19H2,1H3,(H,31,35). The highest BCUT2D eigenvalue weighted by molar-refractivity contribution is 5.92. The molecule has 0 aliphatic carbocycles. The number of fused-ring (bicyclic) bond motifs is 1. The Balaban J connectivity index is 1.12. The van der Waals surface area contributed by atoms with Gasteiger partial charge in [0.1, 0.15) is 11.3 Å². The number of amides is 1. The van der Waals surface area contributed by atoms with Gasteiger partial charge in [-0.25, -0.2) is 20.3 Å². The van der Waals surface area contributed by atoms with Crippen LogP contribution in [0.2, 0.25) is 0 Å². The molecule has 10 nitrogen and oxygen atoms in total. The summed E-state index contributed by atoms with van der Waals surface area (Å²) >= 11 is 0. The molecule has 4 heterocycles. The molecule has 1 aromatic carbocycles. The molecular formula is C28H37N5O5. The van der Waals surface area contributed by atoms with E-state index < -0.39 is 6.29 Å². The number of hydrogen-bond donors (Lipinski definition) is 2. The number of likely N-dealkylation sites (N-methyl/N-ethyl adjacent to an activating group) is 1. The predicted octanol–water partition coefficient (Wildman–Crippen LogP) is 3.68. The fourth-order valence-electron chi connectivity index (χ4n) is 5.26. The number of anilines is 1. The zero-order valence-electron chi connectivity index (χ0n) is 21.9. The number of piperidine rings is 1. The van der Waals surface area contributed by atoms with Gasteiger partial charge in [0.15, 0.2) is 6.29 Å². The average Bonchev–Trinajstić information content (AvgIpc) is 3.40. The number of nitrogens with one attached hydrogen (secondary N) is 1. The number of rotatable bonds is 10. The Bertz CT molecular complexity index is 1140. The number of benzene rings is 1. The van der Waals surface area contributed by atoms with Gasteiger partial charge in [-0.3, -0.25) is 9.69 Å². The van der Waals surface area contributed by atoms with Gasteiger partial charge < -0.3 is 19.2 Å². The Hall–Kier alpha value is -3.05. The van der Waals surface area contributed by atoms with E-state index >= 15 is 0 Å². The molecule has 2 fully saturated rings. The number of nitrogens with zero attached hydrogens (tertiary/aromatic N) is 4. The van der Waals surface area contributed by atoms with Crippen molar-refractivity contribution in [2.45, 2.75) is 51.4 Å². The maximum absolute atomic E-state index is 12.4. The minimum absolute atomic E-state index is 0.0129. The van der Waals surface area contributed by atoms with E-state index in [2.05, 4.69) is 32.2 Å². The summed E-state index contributed by atoms with van der Waals surface area (Å²) in [5.74, 6) is 1.54. The summed E-state index contributed by atoms with van der Waals surface area (Å²) in [6, 6.07) is 9.82. The molecule has 0 spiro atoms. The van der Waals surface area contributed by atoms with E-state index in [1.807, 2.05) is 30.3 Å². The largest absolute Gasteiger partial charge is 0.459 e. The quantitative estimate of drug-likeness (QED) is 0.384. The highest BCUT2D eigenvalue weighted by atomic mass is 16.8. The third-order valence-electron chi connectivity index (χ3n) is 7.50. The number of ether oxygens (including phenoxy) is 1. The molecule has 5 rings (SSSR count). The summed E-state index contributed by atoms with van der Waals surface area (Å²) < 4.78 is 11.5. The van der Waals surface area contributed by atoms with E-state index in [9.17, 15) is 9.90 Å². The molecule has 0 bridgehead atoms. The van der Waals surface area contributed by atoms with Gasteiger partial charge in [0.25, 0.3) is 5.91 Å². The van der Waals surface area contributed by atoms with Crippen LogP contribution < -0.4 is 10.4 Å². The van der Waals surface area contributed by atoms with Crippen molar-refractivity contribution < 1.29 is 23.9 Å². The first kappa shape index (κ1) is 26.6. The fourth-order valence-corrected chi connectivity index (χ4v) is 5.26. The molecule has 2 aromatic heterocycles. The van der Waals surface area contributed by atoms with Crippen molar-refractivity contribution in [2.24, 2.45) is 5.92 Å². The summed E-state index contributed by atoms with van der Waals surface area (Å²) in [6.45, 7) is 6.17. The Labute approximate surface area is 222 Å². The van der Waals surface area contributed by atoms with Crippen molar-refractivity contribution in [3.63, 3.8) is 0 Å². The lowest BCUT2D eigenvalue weighted by molar-refractivity contribution is -0.186. The second-order valence-electron chi connectivity index (χ2n) is 10.0. The summed E-state index contributed by atoms with van der Waals surface area (Å²) in [6.07, 6.45) is 7.47. The number of aromatic nitrogens is 2. The zero-order chi connectivity index (χ0) is 26.3. The van der Waals surface area contributed by atoms with Crippen molar-refractivity contribution in [1.82, 2.24) is 20.3 Å². The molecule has 1 amide bonds. The lowest BCUT2D eigenvalue weighted by Crippen LogP contribution is -2.41. The van der Waals surface area contributed by atoms with Gasteiger partial charge in [-0.15, -0.1) is 0 Å². The second kappa shape index (κ2) is 12.7. The normalized spacial score (nSPS) is 19.7. The third kappa shape index (κ3) is 6.32. The van der Waals surface area contributed by atoms with Crippen molar-refractivity contribution in [2.75, 3.05) is 44.3 Å². The van der Waals surface area contributed by atoms with E-state index in [4.69, 9.17) is 14.0 Å². The van der Waals surface area contributed by atoms with Crippen molar-refractivity contribution in [3.8, 4) is 0 Å². The summed E-state index contributed by atoms with van der Waals surface area (Å²) in [4.78, 5) is 31.1. The molecule has 0 saturated carbocycles. The zero-order valence-corrected chi connectivity index (χ0v) is 21.9. The van der Waals surface area contributed by atoms with Crippen LogP contribution in [0, 0.1) is 5.92 Å². The lowest BCUT2D eigenvalue weighted by atomic mass is 9.95. The van der Waals surface area contributed by atoms with Crippen LogP contribution in [0.15, 0.2) is 47.1 Å². The Morgan fingerprint density at radius 1 is 1.21 bits per heavy atom. The van der Waals surface area contributed by atoms with Crippen LogP contribution in [0.3, 0.4) is 0 Å². The first-order chi connectivity index (χ1) is 18.6. The third-order valence-corrected chi connectivity index (χ3v) is 7.50. The second-order valence-corrected chi connectivity index (χ2v) is 10.0. The highest BCUT2D eigenvalue weighted by Gasteiger charge is 2.28. The van der Waals surface area contributed by atoms with Gasteiger partial charge in [0.05, 0.1) is 18.2 Å². The minimum atomic E-state index is -0.399. The lowest BCUT2D eigenvalue weighted by Gasteiger charge is -2.36. The van der Waals surface area contributed by atoms with Gasteiger partial charge in [-0.1, -0.05) is 25.1 Å². The molecule has 10 heteroatoms. The van der Waals surface area contributed by atoms with Crippen molar-refractivity contribution >= 4 is 22.8 Å². The SMILES string of the molecule is CCN(CC1CCN(c2ncc(C(=O)NOC3CCCCO3)cn2)CC1)C(CO)c1cc2ccccc2o1. The number of hydrogen-bond acceptors (Lipinski definition) is 9. The first-order valence-corrected chi connectivity index (χ1v) is 13.6. The number of para-hydroxylation sites is 1. The van der Waals surface area contributed by atoms with Gasteiger partial charge in [0.2, 0.25) is 5.95 Å². The van der Waals surface area contributed by atoms with Crippen LogP contribution in [0.25, 0.3) is 11.0 Å². The van der Waals surface area contributed by atoms with Crippen LogP contribution in [-0.2, 0) is 9.57 Å². The van der Waals surface area contributed by atoms with E-state index in [0.717, 1.165) is 75.0 Å². The monoisotopic (exact) mass is 523 g/mol. The van der Waals surface area contributed by atoms with Crippen molar-refractivity contribution in [3.05, 3.63) is 54.0 Å². The molecule has 2 N–H and O–H groups in total. The molecule has 2 saturated heterocycles. The fraction of sp³-hybridized carbons (Fsp3) is 0.536. The molecule has 204 valence electrons. The van der Waals surface area contributed by atoms with Crippen LogP contribution in [0.4, 0.5) is 5.95 Å². The van der Waals surface area contributed by atoms with E-state index in [1.54, 1.807) is 0 Å². The average molecular weight is 524 g/mol. The van der Waals surface area contributed by atoms with Crippen LogP contribution in [0.1, 0.15) is 61.2 Å². The summed E-state index contributed by atoms with van der Waals surface area (Å²) in [5, 5.41) is 11.3. The maximum atomic E-state index is 12.4. The molecule has 2 aliphatic rings. The molecule has 2 atom stereocenters. The highest BCUT2D eigenvalue weighted by Crippen LogP contribution is 2.30. The van der Waals surface area contributed by atoms with Crippen LogP contribution in [-0.4, -0.2) is 71.6 Å². The van der Waals surface area contributed by atoms with E-state index in [-0.39, 0.29) is 18.6 Å². The first-order valence-electron chi connectivity index (χ1n) is 13.6. The smallest absolute Gasteiger partial charge is 0.278 e. The van der Waals surface area contributed by atoms with Gasteiger partial charge >= 0.3 is 0 Å².